The summed E-state index contributed by atoms with van der Waals surface area (Å²) in [7, 11) is 0. The van der Waals surface area contributed by atoms with Gasteiger partial charge in [0.2, 0.25) is 5.91 Å². The zero-order valence-corrected chi connectivity index (χ0v) is 13.5. The fraction of sp³-hybridized carbons (Fsp3) is 0.588. The summed E-state index contributed by atoms with van der Waals surface area (Å²) >= 11 is 0. The van der Waals surface area contributed by atoms with Crippen LogP contribution in [0.4, 0.5) is 5.69 Å². The molecule has 1 saturated heterocycles. The van der Waals surface area contributed by atoms with Gasteiger partial charge in [0.1, 0.15) is 0 Å². The molecule has 1 heterocycles. The minimum Gasteiger partial charge on any atom is -0.490 e. The first-order chi connectivity index (χ1) is 10.7. The van der Waals surface area contributed by atoms with E-state index in [0.29, 0.717) is 19.0 Å². The van der Waals surface area contributed by atoms with Gasteiger partial charge in [-0.15, -0.1) is 0 Å². The molecule has 2 N–H and O–H groups in total. The lowest BCUT2D eigenvalue weighted by atomic mass is 10.2. The van der Waals surface area contributed by atoms with Crippen molar-refractivity contribution in [2.75, 3.05) is 25.1 Å². The number of ether oxygens (including phenoxy) is 2. The molecule has 5 heteroatoms. The van der Waals surface area contributed by atoms with Crippen molar-refractivity contribution in [3.63, 3.8) is 0 Å². The number of carbonyl (C=O) groups is 1. The van der Waals surface area contributed by atoms with Crippen molar-refractivity contribution in [1.82, 2.24) is 5.32 Å². The van der Waals surface area contributed by atoms with Crippen molar-refractivity contribution in [2.45, 2.75) is 45.6 Å². The summed E-state index contributed by atoms with van der Waals surface area (Å²) < 4.78 is 11.4. The molecule has 1 atom stereocenters. The van der Waals surface area contributed by atoms with E-state index < -0.39 is 0 Å². The standard InChI is InChI=1S/C17H26N2O3/c1-3-10-21-15-8-7-13(12-16(15)22-11-4-2)19-17(20)14-6-5-9-18-14/h7-8,12,14,18H,3-6,9-11H2,1-2H3,(H,19,20). The van der Waals surface area contributed by atoms with Crippen LogP contribution in [0.2, 0.25) is 0 Å². The second-order valence-corrected chi connectivity index (χ2v) is 5.50. The van der Waals surface area contributed by atoms with Crippen LogP contribution < -0.4 is 20.1 Å². The highest BCUT2D eigenvalue weighted by Gasteiger charge is 2.22. The molecule has 2 rings (SSSR count). The highest BCUT2D eigenvalue weighted by Crippen LogP contribution is 2.31. The maximum absolute atomic E-state index is 12.2. The van der Waals surface area contributed by atoms with Gasteiger partial charge in [-0.05, 0) is 44.4 Å². The Hall–Kier alpha value is -1.75. The van der Waals surface area contributed by atoms with Gasteiger partial charge >= 0.3 is 0 Å². The summed E-state index contributed by atoms with van der Waals surface area (Å²) in [5.41, 5.74) is 0.744. The molecule has 1 fully saturated rings. The largest absolute Gasteiger partial charge is 0.490 e. The number of hydrogen-bond acceptors (Lipinski definition) is 4. The number of benzene rings is 1. The molecule has 22 heavy (non-hydrogen) atoms. The van der Waals surface area contributed by atoms with Crippen molar-refractivity contribution in [3.05, 3.63) is 18.2 Å². The number of anilines is 1. The van der Waals surface area contributed by atoms with Crippen LogP contribution in [-0.4, -0.2) is 31.7 Å². The van der Waals surface area contributed by atoms with E-state index in [-0.39, 0.29) is 11.9 Å². The lowest BCUT2D eigenvalue weighted by molar-refractivity contribution is -0.117. The van der Waals surface area contributed by atoms with Crippen LogP contribution in [0.1, 0.15) is 39.5 Å². The van der Waals surface area contributed by atoms with E-state index in [1.807, 2.05) is 18.2 Å². The Morgan fingerprint density at radius 1 is 1.23 bits per heavy atom. The van der Waals surface area contributed by atoms with Gasteiger partial charge < -0.3 is 20.1 Å². The van der Waals surface area contributed by atoms with Gasteiger partial charge in [0.25, 0.3) is 0 Å². The fourth-order valence-corrected chi connectivity index (χ4v) is 2.38. The molecule has 1 aliphatic rings. The van der Waals surface area contributed by atoms with Crippen molar-refractivity contribution in [1.29, 1.82) is 0 Å². The third-order valence-electron chi connectivity index (χ3n) is 3.51. The molecule has 1 unspecified atom stereocenters. The maximum Gasteiger partial charge on any atom is 0.241 e. The third kappa shape index (κ3) is 4.63. The van der Waals surface area contributed by atoms with E-state index >= 15 is 0 Å². The second kappa shape index (κ2) is 8.63. The lowest BCUT2D eigenvalue weighted by Gasteiger charge is -2.15. The number of rotatable bonds is 8. The third-order valence-corrected chi connectivity index (χ3v) is 3.51. The quantitative estimate of drug-likeness (QED) is 0.775. The predicted octanol–water partition coefficient (Wildman–Crippen LogP) is 2.95. The monoisotopic (exact) mass is 306 g/mol. The topological polar surface area (TPSA) is 59.6 Å². The number of nitrogens with one attached hydrogen (secondary N) is 2. The molecular weight excluding hydrogens is 280 g/mol. The molecule has 1 amide bonds. The molecular formula is C17H26N2O3. The lowest BCUT2D eigenvalue weighted by Crippen LogP contribution is -2.35. The Morgan fingerprint density at radius 3 is 2.59 bits per heavy atom. The average Bonchev–Trinajstić information content (AvgIpc) is 3.06. The van der Waals surface area contributed by atoms with Gasteiger partial charge in [-0.3, -0.25) is 4.79 Å². The molecule has 0 aliphatic carbocycles. The first-order valence-electron chi connectivity index (χ1n) is 8.18. The Labute approximate surface area is 132 Å². The Morgan fingerprint density at radius 2 is 1.95 bits per heavy atom. The summed E-state index contributed by atoms with van der Waals surface area (Å²) in [6.45, 7) is 6.32. The van der Waals surface area contributed by atoms with Gasteiger partial charge in [0.05, 0.1) is 19.3 Å². The average molecular weight is 306 g/mol. The van der Waals surface area contributed by atoms with Gasteiger partial charge in [-0.1, -0.05) is 13.8 Å². The summed E-state index contributed by atoms with van der Waals surface area (Å²) in [5, 5.41) is 6.14. The molecule has 1 aromatic carbocycles. The fourth-order valence-electron chi connectivity index (χ4n) is 2.38. The SMILES string of the molecule is CCCOc1ccc(NC(=O)C2CCCN2)cc1OCCC. The highest BCUT2D eigenvalue weighted by molar-refractivity contribution is 5.95. The van der Waals surface area contributed by atoms with Crippen molar-refractivity contribution in [3.8, 4) is 11.5 Å². The van der Waals surface area contributed by atoms with E-state index in [2.05, 4.69) is 24.5 Å². The van der Waals surface area contributed by atoms with Crippen LogP contribution in [0.15, 0.2) is 18.2 Å². The molecule has 0 spiro atoms. The zero-order chi connectivity index (χ0) is 15.8. The molecule has 0 saturated carbocycles. The van der Waals surface area contributed by atoms with Crippen LogP contribution in [0, 0.1) is 0 Å². The predicted molar refractivity (Wildman–Crippen MR) is 87.7 cm³/mol. The molecule has 5 nitrogen and oxygen atoms in total. The highest BCUT2D eigenvalue weighted by atomic mass is 16.5. The Bertz CT molecular complexity index is 485. The van der Waals surface area contributed by atoms with E-state index in [1.54, 1.807) is 0 Å². The van der Waals surface area contributed by atoms with Crippen LogP contribution >= 0.6 is 0 Å². The van der Waals surface area contributed by atoms with Crippen molar-refractivity contribution < 1.29 is 14.3 Å². The van der Waals surface area contributed by atoms with Crippen LogP contribution in [-0.2, 0) is 4.79 Å². The smallest absolute Gasteiger partial charge is 0.241 e. The van der Waals surface area contributed by atoms with E-state index in [1.165, 1.54) is 0 Å². The number of carbonyl (C=O) groups excluding carboxylic acids is 1. The van der Waals surface area contributed by atoms with E-state index in [0.717, 1.165) is 43.7 Å². The molecule has 0 aromatic heterocycles. The van der Waals surface area contributed by atoms with Crippen molar-refractivity contribution in [2.24, 2.45) is 0 Å². The molecule has 1 aromatic rings. The van der Waals surface area contributed by atoms with Crippen molar-refractivity contribution >= 4 is 11.6 Å². The summed E-state index contributed by atoms with van der Waals surface area (Å²) in [6, 6.07) is 5.47. The van der Waals surface area contributed by atoms with Crippen LogP contribution in [0.5, 0.6) is 11.5 Å². The maximum atomic E-state index is 12.2. The molecule has 1 aliphatic heterocycles. The van der Waals surface area contributed by atoms with Crippen LogP contribution in [0.3, 0.4) is 0 Å². The summed E-state index contributed by atoms with van der Waals surface area (Å²) in [6.07, 6.45) is 3.81. The minimum absolute atomic E-state index is 0.0150. The summed E-state index contributed by atoms with van der Waals surface area (Å²) in [5.74, 6) is 1.43. The van der Waals surface area contributed by atoms with Gasteiger partial charge in [0.15, 0.2) is 11.5 Å². The molecule has 0 bridgehead atoms. The Balaban J connectivity index is 2.05. The first-order valence-corrected chi connectivity index (χ1v) is 8.18. The van der Waals surface area contributed by atoms with Gasteiger partial charge in [-0.25, -0.2) is 0 Å². The molecule has 122 valence electrons. The normalized spacial score (nSPS) is 17.3. The number of amides is 1. The number of hydrogen-bond donors (Lipinski definition) is 2. The minimum atomic E-state index is -0.0870. The molecule has 0 radical (unpaired) electrons. The first kappa shape index (κ1) is 16.6. The zero-order valence-electron chi connectivity index (χ0n) is 13.5. The van der Waals surface area contributed by atoms with Gasteiger partial charge in [-0.2, -0.15) is 0 Å². The van der Waals surface area contributed by atoms with Crippen LogP contribution in [0.25, 0.3) is 0 Å². The Kier molecular flexibility index (Phi) is 6.52. The van der Waals surface area contributed by atoms with E-state index in [4.69, 9.17) is 9.47 Å². The van der Waals surface area contributed by atoms with E-state index in [9.17, 15) is 4.79 Å². The van der Waals surface area contributed by atoms with Gasteiger partial charge in [0, 0.05) is 11.8 Å². The summed E-state index contributed by atoms with van der Waals surface area (Å²) in [4.78, 5) is 12.2. The second-order valence-electron chi connectivity index (χ2n) is 5.50.